The van der Waals surface area contributed by atoms with Crippen molar-refractivity contribution in [3.05, 3.63) is 59.0 Å². The molecule has 3 rings (SSSR count). The van der Waals surface area contributed by atoms with Gasteiger partial charge >= 0.3 is 0 Å². The molecule has 0 saturated heterocycles. The van der Waals surface area contributed by atoms with E-state index in [1.54, 1.807) is 0 Å². The molecule has 140 valence electrons. The quantitative estimate of drug-likeness (QED) is 0.640. The summed E-state index contributed by atoms with van der Waals surface area (Å²) in [5, 5.41) is 3.48. The average Bonchev–Trinajstić information content (AvgIpc) is 2.99. The zero-order valence-electron chi connectivity index (χ0n) is 15.7. The maximum Gasteiger partial charge on any atom is 0.262 e. The maximum absolute atomic E-state index is 12.2. The number of thiazole rings is 1. The predicted molar refractivity (Wildman–Crippen MR) is 111 cm³/mol. The molecule has 0 aliphatic carbocycles. The Morgan fingerprint density at radius 1 is 1.19 bits per heavy atom. The molecule has 27 heavy (non-hydrogen) atoms. The lowest BCUT2D eigenvalue weighted by molar-refractivity contribution is -0.118. The first-order valence-electron chi connectivity index (χ1n) is 8.79. The van der Waals surface area contributed by atoms with E-state index in [1.807, 2.05) is 55.5 Å². The van der Waals surface area contributed by atoms with Gasteiger partial charge in [-0.15, -0.1) is 11.3 Å². The number of carbonyl (C=O) groups excluding carboxylic acids is 1. The van der Waals surface area contributed by atoms with Crippen molar-refractivity contribution in [3.8, 4) is 17.0 Å². The Kier molecular flexibility index (Phi) is 5.76. The van der Waals surface area contributed by atoms with Crippen molar-refractivity contribution in [3.63, 3.8) is 0 Å². The highest BCUT2D eigenvalue weighted by molar-refractivity contribution is 7.15. The minimum absolute atomic E-state index is 0.0472. The van der Waals surface area contributed by atoms with Gasteiger partial charge < -0.3 is 15.8 Å². The van der Waals surface area contributed by atoms with Gasteiger partial charge in [-0.1, -0.05) is 32.0 Å². The number of amides is 1. The van der Waals surface area contributed by atoms with Crippen molar-refractivity contribution in [2.45, 2.75) is 26.7 Å². The second kappa shape index (κ2) is 8.22. The Morgan fingerprint density at radius 2 is 1.89 bits per heavy atom. The van der Waals surface area contributed by atoms with E-state index < -0.39 is 0 Å². The van der Waals surface area contributed by atoms with E-state index in [4.69, 9.17) is 10.5 Å². The van der Waals surface area contributed by atoms with Gasteiger partial charge in [0.15, 0.2) is 11.7 Å². The lowest BCUT2D eigenvalue weighted by Gasteiger charge is -2.14. The van der Waals surface area contributed by atoms with Crippen LogP contribution in [0.25, 0.3) is 11.3 Å². The molecular formula is C21H23N3O2S. The largest absolute Gasteiger partial charge is 0.484 e. The lowest BCUT2D eigenvalue weighted by Crippen LogP contribution is -2.21. The van der Waals surface area contributed by atoms with Crippen molar-refractivity contribution in [2.24, 2.45) is 0 Å². The van der Waals surface area contributed by atoms with E-state index in [9.17, 15) is 4.79 Å². The van der Waals surface area contributed by atoms with Gasteiger partial charge in [0.25, 0.3) is 5.91 Å². The van der Waals surface area contributed by atoms with E-state index >= 15 is 0 Å². The molecule has 0 spiro atoms. The van der Waals surface area contributed by atoms with Crippen LogP contribution < -0.4 is 15.8 Å². The number of anilines is 2. The summed E-state index contributed by atoms with van der Waals surface area (Å²) in [5.74, 6) is 0.778. The van der Waals surface area contributed by atoms with Crippen molar-refractivity contribution in [2.75, 3.05) is 17.7 Å². The molecule has 0 bridgehead atoms. The maximum atomic E-state index is 12.2. The highest BCUT2D eigenvalue weighted by Crippen LogP contribution is 2.30. The smallest absolute Gasteiger partial charge is 0.262 e. The molecular weight excluding hydrogens is 358 g/mol. The number of carbonyl (C=O) groups is 1. The number of nitrogens with two attached hydrogens (primary N) is 1. The number of nitrogen functional groups attached to an aromatic ring is 1. The van der Waals surface area contributed by atoms with Crippen molar-refractivity contribution < 1.29 is 9.53 Å². The molecule has 1 heterocycles. The number of ether oxygens (including phenoxy) is 1. The molecule has 2 aromatic carbocycles. The number of rotatable bonds is 6. The monoisotopic (exact) mass is 381 g/mol. The summed E-state index contributed by atoms with van der Waals surface area (Å²) in [5.41, 5.74) is 9.55. The van der Waals surface area contributed by atoms with Gasteiger partial charge in [-0.25, -0.2) is 4.98 Å². The molecule has 3 N–H and O–H groups in total. The molecule has 3 aromatic rings. The van der Waals surface area contributed by atoms with Gasteiger partial charge in [-0.3, -0.25) is 4.79 Å². The van der Waals surface area contributed by atoms with E-state index in [0.29, 0.717) is 16.8 Å². The molecule has 1 aromatic heterocycles. The first-order chi connectivity index (χ1) is 12.9. The zero-order chi connectivity index (χ0) is 19.4. The third kappa shape index (κ3) is 4.65. The van der Waals surface area contributed by atoms with E-state index in [2.05, 4.69) is 24.1 Å². The summed E-state index contributed by atoms with van der Waals surface area (Å²) in [6.07, 6.45) is 0. The fourth-order valence-electron chi connectivity index (χ4n) is 2.84. The van der Waals surface area contributed by atoms with Gasteiger partial charge in [0.1, 0.15) is 5.75 Å². The summed E-state index contributed by atoms with van der Waals surface area (Å²) < 4.78 is 5.61. The summed E-state index contributed by atoms with van der Waals surface area (Å²) in [6, 6.07) is 15.3. The van der Waals surface area contributed by atoms with Crippen LogP contribution in [0.2, 0.25) is 0 Å². The molecule has 0 aliphatic heterocycles. The Labute approximate surface area is 163 Å². The number of para-hydroxylation sites is 1. The van der Waals surface area contributed by atoms with E-state index in [1.165, 1.54) is 11.3 Å². The Morgan fingerprint density at radius 3 is 2.52 bits per heavy atom. The van der Waals surface area contributed by atoms with Crippen molar-refractivity contribution in [1.82, 2.24) is 4.98 Å². The number of benzene rings is 2. The first kappa shape index (κ1) is 18.9. The van der Waals surface area contributed by atoms with E-state index in [-0.39, 0.29) is 12.5 Å². The fourth-order valence-corrected chi connectivity index (χ4v) is 3.55. The fraction of sp³-hybridized carbons (Fsp3) is 0.238. The Bertz CT molecular complexity index is 933. The van der Waals surface area contributed by atoms with Crippen LogP contribution in [0.15, 0.2) is 48.5 Å². The number of aromatic nitrogens is 1. The van der Waals surface area contributed by atoms with Gasteiger partial charge in [0.2, 0.25) is 0 Å². The highest BCUT2D eigenvalue weighted by atomic mass is 32.1. The molecule has 0 fully saturated rings. The summed E-state index contributed by atoms with van der Waals surface area (Å²) in [4.78, 5) is 17.7. The highest BCUT2D eigenvalue weighted by Gasteiger charge is 2.11. The third-order valence-electron chi connectivity index (χ3n) is 4.17. The molecule has 1 amide bonds. The molecule has 5 nitrogen and oxygen atoms in total. The van der Waals surface area contributed by atoms with Crippen molar-refractivity contribution in [1.29, 1.82) is 0 Å². The standard InChI is InChI=1S/C21H23N3O2S/c1-13(2)17-6-4-5-7-18(17)23-19(25)12-26-16-10-8-15(9-11-16)20-14(3)27-21(22)24-20/h4-11,13H,12H2,1-3H3,(H2,22,24)(H,23,25). The van der Waals surface area contributed by atoms with E-state index in [0.717, 1.165) is 27.4 Å². The van der Waals surface area contributed by atoms with Gasteiger partial charge in [-0.05, 0) is 48.7 Å². The average molecular weight is 382 g/mol. The van der Waals surface area contributed by atoms with Crippen molar-refractivity contribution >= 4 is 28.1 Å². The number of aryl methyl sites for hydroxylation is 1. The zero-order valence-corrected chi connectivity index (χ0v) is 16.5. The van der Waals surface area contributed by atoms with Crippen LogP contribution in [0.5, 0.6) is 5.75 Å². The molecule has 0 unspecified atom stereocenters. The van der Waals surface area contributed by atoms with Crippen LogP contribution in [0.1, 0.15) is 30.2 Å². The number of hydrogen-bond acceptors (Lipinski definition) is 5. The summed E-state index contributed by atoms with van der Waals surface area (Å²) in [6.45, 7) is 6.14. The number of nitrogens with zero attached hydrogens (tertiary/aromatic N) is 1. The van der Waals surface area contributed by atoms with Gasteiger partial charge in [0.05, 0.1) is 5.69 Å². The second-order valence-electron chi connectivity index (χ2n) is 6.56. The minimum Gasteiger partial charge on any atom is -0.484 e. The topological polar surface area (TPSA) is 77.2 Å². The number of nitrogens with one attached hydrogen (secondary N) is 1. The Balaban J connectivity index is 1.60. The lowest BCUT2D eigenvalue weighted by atomic mass is 10.0. The molecule has 0 radical (unpaired) electrons. The normalized spacial score (nSPS) is 10.8. The van der Waals surface area contributed by atoms with Crippen LogP contribution >= 0.6 is 11.3 Å². The third-order valence-corrected chi connectivity index (χ3v) is 4.97. The van der Waals surface area contributed by atoms with Crippen LogP contribution in [0.4, 0.5) is 10.8 Å². The number of hydrogen-bond donors (Lipinski definition) is 2. The molecule has 0 aliphatic rings. The van der Waals surface area contributed by atoms with Crippen LogP contribution in [-0.2, 0) is 4.79 Å². The predicted octanol–water partition coefficient (Wildman–Crippen LogP) is 4.84. The second-order valence-corrected chi connectivity index (χ2v) is 7.79. The van der Waals surface area contributed by atoms with Gasteiger partial charge in [-0.2, -0.15) is 0 Å². The first-order valence-corrected chi connectivity index (χ1v) is 9.60. The SMILES string of the molecule is Cc1sc(N)nc1-c1ccc(OCC(=O)Nc2ccccc2C(C)C)cc1. The van der Waals surface area contributed by atoms with Crippen LogP contribution in [0.3, 0.4) is 0 Å². The molecule has 0 saturated carbocycles. The Hall–Kier alpha value is -2.86. The van der Waals surface area contributed by atoms with Gasteiger partial charge in [0, 0.05) is 16.1 Å². The summed E-state index contributed by atoms with van der Waals surface area (Å²) >= 11 is 1.47. The minimum atomic E-state index is -0.185. The summed E-state index contributed by atoms with van der Waals surface area (Å²) in [7, 11) is 0. The molecule has 0 atom stereocenters. The van der Waals surface area contributed by atoms with Crippen LogP contribution in [-0.4, -0.2) is 17.5 Å². The molecule has 6 heteroatoms. The van der Waals surface area contributed by atoms with Crippen LogP contribution in [0, 0.1) is 6.92 Å².